The van der Waals surface area contributed by atoms with Crippen LogP contribution in [0.3, 0.4) is 0 Å². The van der Waals surface area contributed by atoms with Crippen LogP contribution >= 0.6 is 22.6 Å². The van der Waals surface area contributed by atoms with Gasteiger partial charge in [-0.15, -0.1) is 0 Å². The predicted molar refractivity (Wildman–Crippen MR) is 73.8 cm³/mol. The second-order valence-corrected chi connectivity index (χ2v) is 4.55. The first-order chi connectivity index (χ1) is 8.24. The first-order valence-electron chi connectivity index (χ1n) is 5.21. The Morgan fingerprint density at radius 2 is 2.12 bits per heavy atom. The molecule has 0 unspecified atom stereocenters. The van der Waals surface area contributed by atoms with Gasteiger partial charge in [-0.3, -0.25) is 0 Å². The highest BCUT2D eigenvalue weighted by atomic mass is 127. The third kappa shape index (κ3) is 2.54. The summed E-state index contributed by atoms with van der Waals surface area (Å²) in [5.74, 6) is 0.483. The van der Waals surface area contributed by atoms with E-state index in [1.165, 1.54) is 12.4 Å². The smallest absolute Gasteiger partial charge is 0.149 e. The average molecular weight is 343 g/mol. The van der Waals surface area contributed by atoms with Gasteiger partial charge in [0.2, 0.25) is 0 Å². The molecule has 1 heterocycles. The largest absolute Gasteiger partial charge is 0.323 e. The number of rotatable bonds is 3. The number of anilines is 2. The van der Waals surface area contributed by atoms with Gasteiger partial charge in [0.1, 0.15) is 18.0 Å². The molecule has 17 heavy (non-hydrogen) atoms. The summed E-state index contributed by atoms with van der Waals surface area (Å²) in [5, 5.41) is 0. The Balaban J connectivity index is 2.48. The quantitative estimate of drug-likeness (QED) is 0.800. The Kier molecular flexibility index (Phi) is 3.88. The van der Waals surface area contributed by atoms with Gasteiger partial charge in [-0.05, 0) is 41.6 Å². The summed E-state index contributed by atoms with van der Waals surface area (Å²) in [6.45, 7) is 2.61. The normalized spacial score (nSPS) is 10.3. The molecule has 0 aliphatic carbocycles. The fourth-order valence-corrected chi connectivity index (χ4v) is 2.20. The van der Waals surface area contributed by atoms with Crippen LogP contribution in [0.15, 0.2) is 36.8 Å². The lowest BCUT2D eigenvalue weighted by atomic mass is 10.2. The van der Waals surface area contributed by atoms with Crippen LogP contribution in [0.5, 0.6) is 0 Å². The first kappa shape index (κ1) is 12.2. The molecule has 1 aromatic heterocycles. The first-order valence-corrected chi connectivity index (χ1v) is 6.29. The summed E-state index contributed by atoms with van der Waals surface area (Å²) in [6, 6.07) is 6.69. The summed E-state index contributed by atoms with van der Waals surface area (Å²) in [7, 11) is 0. The van der Waals surface area contributed by atoms with E-state index in [-0.39, 0.29) is 5.82 Å². The number of halogens is 2. The minimum absolute atomic E-state index is 0.247. The maximum absolute atomic E-state index is 13.8. The van der Waals surface area contributed by atoms with Crippen LogP contribution in [0.25, 0.3) is 0 Å². The summed E-state index contributed by atoms with van der Waals surface area (Å²) >= 11 is 2.15. The van der Waals surface area contributed by atoms with E-state index in [2.05, 4.69) is 32.6 Å². The van der Waals surface area contributed by atoms with Crippen LogP contribution in [-0.4, -0.2) is 16.5 Å². The molecule has 0 atom stereocenters. The molecule has 0 aliphatic rings. The third-order valence-electron chi connectivity index (χ3n) is 2.36. The lowest BCUT2D eigenvalue weighted by molar-refractivity contribution is 0.625. The molecule has 0 aliphatic heterocycles. The lowest BCUT2D eigenvalue weighted by Crippen LogP contribution is -2.19. The Morgan fingerprint density at radius 3 is 2.76 bits per heavy atom. The zero-order valence-electron chi connectivity index (χ0n) is 9.27. The van der Waals surface area contributed by atoms with Gasteiger partial charge in [0.25, 0.3) is 0 Å². The molecular formula is C12H11FIN3. The van der Waals surface area contributed by atoms with Crippen molar-refractivity contribution in [3.8, 4) is 0 Å². The summed E-state index contributed by atoms with van der Waals surface area (Å²) in [5.41, 5.74) is 0.534. The van der Waals surface area contributed by atoms with Crippen molar-refractivity contribution in [2.75, 3.05) is 11.4 Å². The summed E-state index contributed by atoms with van der Waals surface area (Å²) in [6.07, 6.45) is 3.19. The summed E-state index contributed by atoms with van der Waals surface area (Å²) in [4.78, 5) is 9.98. The lowest BCUT2D eigenvalue weighted by Gasteiger charge is -2.23. The van der Waals surface area contributed by atoms with Gasteiger partial charge < -0.3 is 4.90 Å². The molecule has 0 spiro atoms. The number of benzene rings is 1. The van der Waals surface area contributed by atoms with Gasteiger partial charge in [-0.2, -0.15) is 0 Å². The van der Waals surface area contributed by atoms with Crippen molar-refractivity contribution in [2.24, 2.45) is 0 Å². The molecule has 2 rings (SSSR count). The molecule has 0 fully saturated rings. The predicted octanol–water partition coefficient (Wildman–Crippen LogP) is 3.38. The Morgan fingerprint density at radius 1 is 1.35 bits per heavy atom. The second-order valence-electron chi connectivity index (χ2n) is 3.39. The van der Waals surface area contributed by atoms with Gasteiger partial charge in [0, 0.05) is 12.7 Å². The molecular weight excluding hydrogens is 332 g/mol. The monoisotopic (exact) mass is 343 g/mol. The van der Waals surface area contributed by atoms with Crippen LogP contribution in [0.1, 0.15) is 6.92 Å². The highest BCUT2D eigenvalue weighted by molar-refractivity contribution is 14.1. The fraction of sp³-hybridized carbons (Fsp3) is 0.167. The fourth-order valence-electron chi connectivity index (χ4n) is 1.61. The van der Waals surface area contributed by atoms with E-state index in [0.717, 1.165) is 9.39 Å². The molecule has 0 saturated heterocycles. The molecule has 0 amide bonds. The van der Waals surface area contributed by atoms with Crippen molar-refractivity contribution in [1.82, 2.24) is 9.97 Å². The number of nitrogens with zero attached hydrogens (tertiary/aromatic N) is 3. The van der Waals surface area contributed by atoms with E-state index in [9.17, 15) is 4.39 Å². The van der Waals surface area contributed by atoms with E-state index < -0.39 is 0 Å². The zero-order valence-corrected chi connectivity index (χ0v) is 11.4. The van der Waals surface area contributed by atoms with E-state index in [0.29, 0.717) is 12.2 Å². The molecule has 5 heteroatoms. The van der Waals surface area contributed by atoms with Crippen molar-refractivity contribution >= 4 is 34.1 Å². The van der Waals surface area contributed by atoms with Gasteiger partial charge in [0.15, 0.2) is 0 Å². The molecule has 3 nitrogen and oxygen atoms in total. The molecule has 1 aromatic carbocycles. The zero-order chi connectivity index (χ0) is 12.3. The maximum atomic E-state index is 13.8. The molecule has 2 aromatic rings. The topological polar surface area (TPSA) is 29.0 Å². The van der Waals surface area contributed by atoms with E-state index in [1.54, 1.807) is 18.3 Å². The number of hydrogen-bond donors (Lipinski definition) is 0. The highest BCUT2D eigenvalue weighted by Crippen LogP contribution is 2.28. The third-order valence-corrected chi connectivity index (χ3v) is 3.12. The van der Waals surface area contributed by atoms with Crippen molar-refractivity contribution in [1.29, 1.82) is 0 Å². The molecule has 0 radical (unpaired) electrons. The number of para-hydroxylation sites is 1. The summed E-state index contributed by atoms with van der Waals surface area (Å²) < 4.78 is 14.7. The Hall–Kier alpha value is -1.24. The van der Waals surface area contributed by atoms with Crippen molar-refractivity contribution in [3.63, 3.8) is 0 Å². The van der Waals surface area contributed by atoms with E-state index in [1.807, 2.05) is 17.9 Å². The molecule has 0 bridgehead atoms. The van der Waals surface area contributed by atoms with Gasteiger partial charge >= 0.3 is 0 Å². The Bertz CT molecular complexity index is 473. The molecule has 88 valence electrons. The van der Waals surface area contributed by atoms with Crippen molar-refractivity contribution in [2.45, 2.75) is 6.92 Å². The number of hydrogen-bond acceptors (Lipinski definition) is 3. The SMILES string of the molecule is CCN(c1ccccc1F)c1ncncc1I. The average Bonchev–Trinajstić information content (AvgIpc) is 2.34. The van der Waals surface area contributed by atoms with Crippen LogP contribution in [0.2, 0.25) is 0 Å². The number of aromatic nitrogens is 2. The van der Waals surface area contributed by atoms with Crippen molar-refractivity contribution in [3.05, 3.63) is 46.2 Å². The highest BCUT2D eigenvalue weighted by Gasteiger charge is 2.15. The second kappa shape index (κ2) is 5.39. The molecule has 0 N–H and O–H groups in total. The molecule has 0 saturated carbocycles. The van der Waals surface area contributed by atoms with Crippen LogP contribution in [0.4, 0.5) is 15.9 Å². The van der Waals surface area contributed by atoms with Gasteiger partial charge in [0.05, 0.1) is 9.26 Å². The van der Waals surface area contributed by atoms with Crippen molar-refractivity contribution < 1.29 is 4.39 Å². The maximum Gasteiger partial charge on any atom is 0.149 e. The standard InChI is InChI=1S/C12H11FIN3/c1-2-17(11-6-4-3-5-9(11)13)12-10(14)7-15-8-16-12/h3-8H,2H2,1H3. The van der Waals surface area contributed by atoms with Gasteiger partial charge in [-0.1, -0.05) is 12.1 Å². The minimum Gasteiger partial charge on any atom is -0.323 e. The van der Waals surface area contributed by atoms with Crippen LogP contribution in [-0.2, 0) is 0 Å². The van der Waals surface area contributed by atoms with Crippen LogP contribution in [0, 0.1) is 9.39 Å². The van der Waals surface area contributed by atoms with Gasteiger partial charge in [-0.25, -0.2) is 14.4 Å². The Labute approximate surface area is 113 Å². The van der Waals surface area contributed by atoms with E-state index >= 15 is 0 Å². The minimum atomic E-state index is -0.247. The van der Waals surface area contributed by atoms with Crippen LogP contribution < -0.4 is 4.90 Å². The van der Waals surface area contributed by atoms with E-state index in [4.69, 9.17) is 0 Å².